The largest absolute Gasteiger partial charge is 0.493 e. The first-order valence-electron chi connectivity index (χ1n) is 8.30. The molecule has 0 spiro atoms. The van der Waals surface area contributed by atoms with Gasteiger partial charge in [0.1, 0.15) is 0 Å². The zero-order valence-electron chi connectivity index (χ0n) is 15.1. The standard InChI is InChI=1S/C18H24N2O5/c1-5-7-15-19-18(25-20-15)12(2)24-16(21)11-10-13-8-6-9-14(22-3)17(13)23-4/h6,8-9,12H,5,7,10-11H2,1-4H3. The average Bonchev–Trinajstić information content (AvgIpc) is 3.08. The van der Waals surface area contributed by atoms with Crippen LogP contribution in [0.3, 0.4) is 0 Å². The Labute approximate surface area is 147 Å². The quantitative estimate of drug-likeness (QED) is 0.643. The van der Waals surface area contributed by atoms with Crippen molar-refractivity contribution in [2.75, 3.05) is 14.2 Å². The summed E-state index contributed by atoms with van der Waals surface area (Å²) in [6.07, 6.45) is 1.79. The number of esters is 1. The zero-order chi connectivity index (χ0) is 18.2. The minimum atomic E-state index is -0.571. The second-order valence-corrected chi connectivity index (χ2v) is 5.58. The zero-order valence-corrected chi connectivity index (χ0v) is 15.1. The molecule has 2 aromatic rings. The number of benzene rings is 1. The number of nitrogens with zero attached hydrogens (tertiary/aromatic N) is 2. The molecule has 0 N–H and O–H groups in total. The first-order chi connectivity index (χ1) is 12.1. The van der Waals surface area contributed by atoms with E-state index in [2.05, 4.69) is 10.1 Å². The summed E-state index contributed by atoms with van der Waals surface area (Å²) in [5.41, 5.74) is 0.884. The summed E-state index contributed by atoms with van der Waals surface area (Å²) in [4.78, 5) is 16.3. The highest BCUT2D eigenvalue weighted by atomic mass is 16.6. The summed E-state index contributed by atoms with van der Waals surface area (Å²) in [6.45, 7) is 3.75. The molecule has 0 amide bonds. The van der Waals surface area contributed by atoms with Crippen LogP contribution in [0.25, 0.3) is 0 Å². The summed E-state index contributed by atoms with van der Waals surface area (Å²) in [6, 6.07) is 5.57. The Hall–Kier alpha value is -2.57. The number of rotatable bonds is 9. The molecule has 2 rings (SSSR count). The van der Waals surface area contributed by atoms with Gasteiger partial charge in [-0.25, -0.2) is 0 Å². The molecule has 0 bridgehead atoms. The molecule has 1 aromatic heterocycles. The first-order valence-corrected chi connectivity index (χ1v) is 8.30. The molecule has 0 saturated heterocycles. The Balaban J connectivity index is 1.92. The molecule has 0 aliphatic heterocycles. The maximum atomic E-state index is 12.1. The van der Waals surface area contributed by atoms with Gasteiger partial charge in [0.15, 0.2) is 23.4 Å². The van der Waals surface area contributed by atoms with Crippen LogP contribution in [0.5, 0.6) is 11.5 Å². The molecule has 0 fully saturated rings. The molecule has 1 unspecified atom stereocenters. The summed E-state index contributed by atoms with van der Waals surface area (Å²) in [5.74, 6) is 1.87. The fourth-order valence-electron chi connectivity index (χ4n) is 2.45. The van der Waals surface area contributed by atoms with E-state index < -0.39 is 6.10 Å². The maximum absolute atomic E-state index is 12.1. The van der Waals surface area contributed by atoms with Crippen LogP contribution in [0.2, 0.25) is 0 Å². The number of aromatic nitrogens is 2. The van der Waals surface area contributed by atoms with Crippen LogP contribution in [0.15, 0.2) is 22.7 Å². The van der Waals surface area contributed by atoms with Crippen LogP contribution >= 0.6 is 0 Å². The molecule has 25 heavy (non-hydrogen) atoms. The van der Waals surface area contributed by atoms with Crippen molar-refractivity contribution < 1.29 is 23.5 Å². The number of hydrogen-bond donors (Lipinski definition) is 0. The van der Waals surface area contributed by atoms with Gasteiger partial charge in [-0.3, -0.25) is 4.79 Å². The third-order valence-corrected chi connectivity index (χ3v) is 3.70. The lowest BCUT2D eigenvalue weighted by Crippen LogP contribution is -2.10. The van der Waals surface area contributed by atoms with Crippen molar-refractivity contribution in [1.29, 1.82) is 0 Å². The molecule has 0 aliphatic rings. The molecule has 136 valence electrons. The molecule has 1 aromatic carbocycles. The van der Waals surface area contributed by atoms with E-state index in [0.717, 1.165) is 18.4 Å². The van der Waals surface area contributed by atoms with Crippen molar-refractivity contribution in [2.45, 2.75) is 45.6 Å². The number of carbonyl (C=O) groups excluding carboxylic acids is 1. The average molecular weight is 348 g/mol. The van der Waals surface area contributed by atoms with Crippen LogP contribution in [0.1, 0.15) is 50.1 Å². The Kier molecular flexibility index (Phi) is 6.80. The van der Waals surface area contributed by atoms with Gasteiger partial charge in [0.05, 0.1) is 14.2 Å². The fraction of sp³-hybridized carbons (Fsp3) is 0.500. The number of para-hydroxylation sites is 1. The van der Waals surface area contributed by atoms with Crippen molar-refractivity contribution in [3.05, 3.63) is 35.5 Å². The van der Waals surface area contributed by atoms with Gasteiger partial charge in [-0.1, -0.05) is 24.2 Å². The Morgan fingerprint density at radius 3 is 2.72 bits per heavy atom. The van der Waals surface area contributed by atoms with Crippen LogP contribution in [0.4, 0.5) is 0 Å². The van der Waals surface area contributed by atoms with Gasteiger partial charge in [0.25, 0.3) is 5.89 Å². The molecule has 7 heteroatoms. The van der Waals surface area contributed by atoms with E-state index >= 15 is 0 Å². The lowest BCUT2D eigenvalue weighted by molar-refractivity contribution is -0.149. The number of methoxy groups -OCH3 is 2. The molecule has 1 heterocycles. The topological polar surface area (TPSA) is 83.7 Å². The van der Waals surface area contributed by atoms with E-state index in [0.29, 0.717) is 29.6 Å². The lowest BCUT2D eigenvalue weighted by atomic mass is 10.1. The minimum Gasteiger partial charge on any atom is -0.493 e. The Bertz CT molecular complexity index is 699. The van der Waals surface area contributed by atoms with Gasteiger partial charge >= 0.3 is 5.97 Å². The molecule has 7 nitrogen and oxygen atoms in total. The SMILES string of the molecule is CCCc1noc(C(C)OC(=O)CCc2cccc(OC)c2OC)n1. The van der Waals surface area contributed by atoms with Gasteiger partial charge in [0.2, 0.25) is 0 Å². The maximum Gasteiger partial charge on any atom is 0.306 e. The van der Waals surface area contributed by atoms with Crippen LogP contribution in [0, 0.1) is 0 Å². The van der Waals surface area contributed by atoms with Gasteiger partial charge in [-0.15, -0.1) is 0 Å². The predicted molar refractivity (Wildman–Crippen MR) is 90.7 cm³/mol. The molecule has 0 aliphatic carbocycles. The van der Waals surface area contributed by atoms with Crippen molar-refractivity contribution >= 4 is 5.97 Å². The van der Waals surface area contributed by atoms with E-state index in [-0.39, 0.29) is 12.4 Å². The monoisotopic (exact) mass is 348 g/mol. The smallest absolute Gasteiger partial charge is 0.306 e. The summed E-state index contributed by atoms with van der Waals surface area (Å²) in [5, 5.41) is 3.86. The third-order valence-electron chi connectivity index (χ3n) is 3.70. The summed E-state index contributed by atoms with van der Waals surface area (Å²) >= 11 is 0. The number of carbonyl (C=O) groups is 1. The van der Waals surface area contributed by atoms with Crippen molar-refractivity contribution in [1.82, 2.24) is 10.1 Å². The number of aryl methyl sites for hydroxylation is 2. The fourth-order valence-corrected chi connectivity index (χ4v) is 2.45. The molecule has 0 radical (unpaired) electrons. The minimum absolute atomic E-state index is 0.212. The van der Waals surface area contributed by atoms with Gasteiger partial charge < -0.3 is 18.7 Å². The highest BCUT2D eigenvalue weighted by Crippen LogP contribution is 2.31. The second kappa shape index (κ2) is 9.05. The van der Waals surface area contributed by atoms with E-state index in [4.69, 9.17) is 18.7 Å². The van der Waals surface area contributed by atoms with Gasteiger partial charge in [-0.2, -0.15) is 4.98 Å². The van der Waals surface area contributed by atoms with E-state index in [1.807, 2.05) is 25.1 Å². The van der Waals surface area contributed by atoms with Crippen molar-refractivity contribution in [3.8, 4) is 11.5 Å². The normalized spacial score (nSPS) is 11.8. The summed E-state index contributed by atoms with van der Waals surface area (Å²) < 4.78 is 21.1. The lowest BCUT2D eigenvalue weighted by Gasteiger charge is -2.13. The second-order valence-electron chi connectivity index (χ2n) is 5.58. The predicted octanol–water partition coefficient (Wildman–Crippen LogP) is 3.28. The molecule has 1 atom stereocenters. The van der Waals surface area contributed by atoms with E-state index in [1.165, 1.54) is 0 Å². The van der Waals surface area contributed by atoms with E-state index in [1.54, 1.807) is 21.1 Å². The van der Waals surface area contributed by atoms with Crippen LogP contribution in [-0.2, 0) is 22.4 Å². The van der Waals surface area contributed by atoms with Crippen LogP contribution in [-0.4, -0.2) is 30.3 Å². The number of hydrogen-bond acceptors (Lipinski definition) is 7. The third kappa shape index (κ3) is 4.95. The van der Waals surface area contributed by atoms with Gasteiger partial charge in [0, 0.05) is 12.8 Å². The summed E-state index contributed by atoms with van der Waals surface area (Å²) in [7, 11) is 3.15. The van der Waals surface area contributed by atoms with Crippen LogP contribution < -0.4 is 9.47 Å². The molecule has 0 saturated carbocycles. The number of ether oxygens (including phenoxy) is 3. The first kappa shape index (κ1) is 18.8. The van der Waals surface area contributed by atoms with E-state index in [9.17, 15) is 4.79 Å². The van der Waals surface area contributed by atoms with Crippen molar-refractivity contribution in [3.63, 3.8) is 0 Å². The van der Waals surface area contributed by atoms with Gasteiger partial charge in [-0.05, 0) is 31.4 Å². The Morgan fingerprint density at radius 1 is 1.24 bits per heavy atom. The molecular weight excluding hydrogens is 324 g/mol. The highest BCUT2D eigenvalue weighted by molar-refractivity contribution is 5.70. The molecular formula is C18H24N2O5. The highest BCUT2D eigenvalue weighted by Gasteiger charge is 2.19. The Morgan fingerprint density at radius 2 is 2.04 bits per heavy atom. The van der Waals surface area contributed by atoms with Crippen molar-refractivity contribution in [2.24, 2.45) is 0 Å².